The molecule has 0 unspecified atom stereocenters. The summed E-state index contributed by atoms with van der Waals surface area (Å²) in [6.45, 7) is 0.617. The number of nitrogens with one attached hydrogen (secondary N) is 1. The number of methoxy groups -OCH3 is 1. The molecule has 0 fully saturated rings. The Labute approximate surface area is 231 Å². The van der Waals surface area contributed by atoms with E-state index in [9.17, 15) is 33.4 Å². The van der Waals surface area contributed by atoms with Crippen LogP contribution in [0.15, 0.2) is 64.6 Å². The van der Waals surface area contributed by atoms with Gasteiger partial charge in [-0.1, -0.05) is 35.3 Å². The number of nitrogens with zero attached hydrogens (tertiary/aromatic N) is 4. The number of amides is 1. The van der Waals surface area contributed by atoms with E-state index in [2.05, 4.69) is 10.5 Å². The van der Waals surface area contributed by atoms with Gasteiger partial charge in [-0.15, -0.1) is 0 Å². The van der Waals surface area contributed by atoms with Gasteiger partial charge in [-0.2, -0.15) is 5.10 Å². The fourth-order valence-electron chi connectivity index (χ4n) is 3.33. The van der Waals surface area contributed by atoms with Gasteiger partial charge in [0.25, 0.3) is 27.3 Å². The molecule has 204 valence electrons. The summed E-state index contributed by atoms with van der Waals surface area (Å²) >= 11 is 11.9. The molecule has 0 saturated carbocycles. The Balaban J connectivity index is 1.98. The highest BCUT2D eigenvalue weighted by atomic mass is 35.5. The van der Waals surface area contributed by atoms with Crippen molar-refractivity contribution >= 4 is 62.4 Å². The zero-order chi connectivity index (χ0) is 28.9. The van der Waals surface area contributed by atoms with Crippen LogP contribution >= 0.6 is 23.2 Å². The van der Waals surface area contributed by atoms with Crippen LogP contribution in [0.4, 0.5) is 17.1 Å². The molecular weight excluding hydrogens is 577 g/mol. The lowest BCUT2D eigenvalue weighted by Gasteiger charge is -2.25. The van der Waals surface area contributed by atoms with Gasteiger partial charge in [0.2, 0.25) is 0 Å². The topological polar surface area (TPSA) is 174 Å². The number of nitro benzene ring substituents is 2. The number of rotatable bonds is 10. The van der Waals surface area contributed by atoms with Gasteiger partial charge >= 0.3 is 0 Å². The predicted octanol–water partition coefficient (Wildman–Crippen LogP) is 4.47. The standard InChI is InChI=1S/C23H19Cl2N5O8S/c1-14-3-6-17(11-19(14)29(32)33)39(36,37)28(21-10-16(24)5-8-22(21)38-2)13-23(31)27-26-12-15-4-7-18(25)20(9-15)30(34)35/h3-12H,13H2,1-2H3,(H,27,31)/b26-12-. The summed E-state index contributed by atoms with van der Waals surface area (Å²) in [6, 6.07) is 11.3. The zero-order valence-electron chi connectivity index (χ0n) is 20.2. The van der Waals surface area contributed by atoms with Crippen LogP contribution in [0.25, 0.3) is 0 Å². The smallest absolute Gasteiger partial charge is 0.288 e. The molecule has 0 spiro atoms. The van der Waals surface area contributed by atoms with E-state index in [-0.39, 0.29) is 38.3 Å². The van der Waals surface area contributed by atoms with Crippen molar-refractivity contribution in [3.63, 3.8) is 0 Å². The van der Waals surface area contributed by atoms with Crippen molar-refractivity contribution in [2.24, 2.45) is 5.10 Å². The van der Waals surface area contributed by atoms with E-state index in [1.54, 1.807) is 0 Å². The molecule has 3 aromatic carbocycles. The number of hydrogen-bond donors (Lipinski definition) is 1. The van der Waals surface area contributed by atoms with Crippen LogP contribution in [0.2, 0.25) is 10.0 Å². The van der Waals surface area contributed by atoms with Crippen LogP contribution < -0.4 is 14.5 Å². The first-order valence-corrected chi connectivity index (χ1v) is 12.9. The molecule has 0 bridgehead atoms. The van der Waals surface area contributed by atoms with Gasteiger partial charge in [0.1, 0.15) is 17.3 Å². The number of nitro groups is 2. The van der Waals surface area contributed by atoms with Gasteiger partial charge in [-0.3, -0.25) is 29.3 Å². The van der Waals surface area contributed by atoms with Crippen molar-refractivity contribution < 1.29 is 27.8 Å². The third-order valence-corrected chi connectivity index (χ3v) is 7.54. The molecule has 39 heavy (non-hydrogen) atoms. The maximum absolute atomic E-state index is 13.7. The van der Waals surface area contributed by atoms with E-state index in [1.807, 2.05) is 0 Å². The molecule has 0 radical (unpaired) electrons. The lowest BCUT2D eigenvalue weighted by molar-refractivity contribution is -0.385. The molecule has 1 amide bonds. The van der Waals surface area contributed by atoms with Gasteiger partial charge in [0.15, 0.2) is 0 Å². The number of carbonyl (C=O) groups excluding carboxylic acids is 1. The van der Waals surface area contributed by atoms with Crippen molar-refractivity contribution in [2.45, 2.75) is 11.8 Å². The van der Waals surface area contributed by atoms with Crippen molar-refractivity contribution in [3.05, 3.63) is 96.0 Å². The Kier molecular flexibility index (Phi) is 9.06. The minimum Gasteiger partial charge on any atom is -0.495 e. The molecule has 0 aliphatic rings. The third-order valence-electron chi connectivity index (χ3n) is 5.23. The minimum absolute atomic E-state index is 0.0503. The zero-order valence-corrected chi connectivity index (χ0v) is 22.5. The summed E-state index contributed by atoms with van der Waals surface area (Å²) in [7, 11) is -3.30. The predicted molar refractivity (Wildman–Crippen MR) is 144 cm³/mol. The Hall–Kier alpha value is -4.27. The lowest BCUT2D eigenvalue weighted by Crippen LogP contribution is -2.39. The first-order chi connectivity index (χ1) is 18.3. The summed E-state index contributed by atoms with van der Waals surface area (Å²) in [5, 5.41) is 26.2. The number of aryl methyl sites for hydroxylation is 1. The molecule has 0 atom stereocenters. The number of anilines is 1. The summed E-state index contributed by atoms with van der Waals surface area (Å²) in [4.78, 5) is 33.4. The average molecular weight is 596 g/mol. The number of hydrogen-bond acceptors (Lipinski definition) is 9. The number of ether oxygens (including phenoxy) is 1. The van der Waals surface area contributed by atoms with Crippen LogP contribution in [-0.4, -0.2) is 44.0 Å². The molecule has 0 aromatic heterocycles. The number of halogens is 2. The summed E-state index contributed by atoms with van der Waals surface area (Å²) in [5.74, 6) is -0.865. The SMILES string of the molecule is COc1ccc(Cl)cc1N(CC(=O)N/N=C\c1ccc(Cl)c([N+](=O)[O-])c1)S(=O)(=O)c1ccc(C)c([N+](=O)[O-])c1. The molecular formula is C23H19Cl2N5O8S. The van der Waals surface area contributed by atoms with Gasteiger partial charge in [0.05, 0.1) is 33.8 Å². The molecule has 0 aliphatic carbocycles. The van der Waals surface area contributed by atoms with Gasteiger partial charge in [-0.25, -0.2) is 13.8 Å². The molecule has 0 heterocycles. The number of hydrazone groups is 1. The first-order valence-electron chi connectivity index (χ1n) is 10.7. The van der Waals surface area contributed by atoms with E-state index in [1.165, 1.54) is 56.5 Å². The number of carbonyl (C=O) groups is 1. The highest BCUT2D eigenvalue weighted by Crippen LogP contribution is 2.35. The maximum atomic E-state index is 13.7. The van der Waals surface area contributed by atoms with Crippen LogP contribution in [0.3, 0.4) is 0 Å². The Morgan fingerprint density at radius 1 is 1.05 bits per heavy atom. The molecule has 16 heteroatoms. The summed E-state index contributed by atoms with van der Waals surface area (Å²) < 4.78 is 33.3. The molecule has 3 rings (SSSR count). The van der Waals surface area contributed by atoms with Crippen molar-refractivity contribution in [3.8, 4) is 5.75 Å². The normalized spacial score (nSPS) is 11.3. The van der Waals surface area contributed by atoms with Gasteiger partial charge in [-0.05, 0) is 37.3 Å². The van der Waals surface area contributed by atoms with Crippen molar-refractivity contribution in [1.82, 2.24) is 5.43 Å². The van der Waals surface area contributed by atoms with Gasteiger partial charge < -0.3 is 4.74 Å². The van der Waals surface area contributed by atoms with Crippen LogP contribution in [-0.2, 0) is 14.8 Å². The molecule has 3 aromatic rings. The number of benzene rings is 3. The van der Waals surface area contributed by atoms with Gasteiger partial charge in [0, 0.05) is 28.3 Å². The van der Waals surface area contributed by atoms with E-state index >= 15 is 0 Å². The molecule has 0 saturated heterocycles. The number of sulfonamides is 1. The molecule has 13 nitrogen and oxygen atoms in total. The van der Waals surface area contributed by atoms with E-state index < -0.39 is 42.9 Å². The Morgan fingerprint density at radius 3 is 2.38 bits per heavy atom. The van der Waals surface area contributed by atoms with Crippen molar-refractivity contribution in [1.29, 1.82) is 0 Å². The van der Waals surface area contributed by atoms with Crippen LogP contribution in [0.5, 0.6) is 5.75 Å². The second kappa shape index (κ2) is 12.1. The quantitative estimate of drug-likeness (QED) is 0.203. The maximum Gasteiger partial charge on any atom is 0.288 e. The third kappa shape index (κ3) is 6.79. The van der Waals surface area contributed by atoms with Crippen molar-refractivity contribution in [2.75, 3.05) is 18.0 Å². The minimum atomic E-state index is -4.58. The Bertz CT molecular complexity index is 1600. The largest absolute Gasteiger partial charge is 0.495 e. The monoisotopic (exact) mass is 595 g/mol. The summed E-state index contributed by atoms with van der Waals surface area (Å²) in [6.07, 6.45) is 1.10. The highest BCUT2D eigenvalue weighted by Gasteiger charge is 2.31. The fraction of sp³-hybridized carbons (Fsp3) is 0.130. The van der Waals surface area contributed by atoms with E-state index in [0.29, 0.717) is 4.31 Å². The average Bonchev–Trinajstić information content (AvgIpc) is 2.88. The van der Waals surface area contributed by atoms with E-state index in [4.69, 9.17) is 27.9 Å². The fourth-order valence-corrected chi connectivity index (χ4v) is 5.12. The second-order valence-corrected chi connectivity index (χ2v) is 10.5. The van der Waals surface area contributed by atoms with Crippen LogP contribution in [0, 0.1) is 27.2 Å². The first kappa shape index (κ1) is 29.3. The molecule has 1 N–H and O–H groups in total. The van der Waals surface area contributed by atoms with E-state index in [0.717, 1.165) is 18.3 Å². The lowest BCUT2D eigenvalue weighted by atomic mass is 10.2. The molecule has 0 aliphatic heterocycles. The second-order valence-electron chi connectivity index (χ2n) is 7.79. The summed E-state index contributed by atoms with van der Waals surface area (Å²) in [5.41, 5.74) is 1.71. The van der Waals surface area contributed by atoms with Crippen LogP contribution in [0.1, 0.15) is 11.1 Å². The Morgan fingerprint density at radius 2 is 1.74 bits per heavy atom. The highest BCUT2D eigenvalue weighted by molar-refractivity contribution is 7.92.